The van der Waals surface area contributed by atoms with Crippen LogP contribution in [0.4, 0.5) is 11.4 Å². The van der Waals surface area contributed by atoms with E-state index in [0.29, 0.717) is 17.1 Å². The molecule has 1 atom stereocenters. The smallest absolute Gasteiger partial charge is 0.226 e. The molecule has 5 nitrogen and oxygen atoms in total. The number of anilines is 2. The summed E-state index contributed by atoms with van der Waals surface area (Å²) < 4.78 is 1.93. The summed E-state index contributed by atoms with van der Waals surface area (Å²) in [5.41, 5.74) is 3.38. The maximum atomic E-state index is 12.0. The first-order valence-electron chi connectivity index (χ1n) is 7.70. The van der Waals surface area contributed by atoms with Crippen LogP contribution < -0.4 is 10.6 Å². The molecule has 0 unspecified atom stereocenters. The van der Waals surface area contributed by atoms with Crippen LogP contribution in [-0.2, 0) is 10.3 Å². The Labute approximate surface area is 141 Å². The molecule has 2 aromatic rings. The molecule has 2 N–H and O–H groups in total. The van der Waals surface area contributed by atoms with E-state index in [-0.39, 0.29) is 17.5 Å². The maximum absolute atomic E-state index is 12.0. The molecule has 0 spiro atoms. The molecule has 1 aliphatic rings. The number of fused-ring (bicyclic) bond motifs is 1. The summed E-state index contributed by atoms with van der Waals surface area (Å²) in [5, 5.41) is 11.3. The molecule has 0 bridgehead atoms. The fraction of sp³-hybridized carbons (Fsp3) is 0.412. The highest BCUT2D eigenvalue weighted by molar-refractivity contribution is 6.35. The molecule has 1 aliphatic heterocycles. The summed E-state index contributed by atoms with van der Waals surface area (Å²) in [5.74, 6) is -0.0341. The van der Waals surface area contributed by atoms with Crippen molar-refractivity contribution in [1.29, 1.82) is 0 Å². The minimum atomic E-state index is -0.0867. The van der Waals surface area contributed by atoms with Gasteiger partial charge in [-0.3, -0.25) is 9.48 Å². The Balaban J connectivity index is 2.13. The Morgan fingerprint density at radius 1 is 1.30 bits per heavy atom. The SMILES string of the molecule is C[C@@H]1CC(=O)Nc2c(Cl)ccc(-c3cnn(C(C)(C)C)c3)c2N1. The van der Waals surface area contributed by atoms with Gasteiger partial charge in [0.15, 0.2) is 0 Å². The molecule has 2 heterocycles. The predicted molar refractivity (Wildman–Crippen MR) is 94.0 cm³/mol. The van der Waals surface area contributed by atoms with Gasteiger partial charge in [0.25, 0.3) is 0 Å². The first kappa shape index (κ1) is 15.9. The van der Waals surface area contributed by atoms with Crippen LogP contribution in [0.1, 0.15) is 34.1 Å². The Morgan fingerprint density at radius 3 is 2.70 bits per heavy atom. The van der Waals surface area contributed by atoms with Gasteiger partial charge in [0.1, 0.15) is 0 Å². The second kappa shape index (κ2) is 5.57. The molecule has 0 saturated carbocycles. The van der Waals surface area contributed by atoms with Crippen LogP contribution in [0.3, 0.4) is 0 Å². The monoisotopic (exact) mass is 332 g/mol. The van der Waals surface area contributed by atoms with Crippen molar-refractivity contribution >= 4 is 28.9 Å². The first-order chi connectivity index (χ1) is 10.8. The van der Waals surface area contributed by atoms with Crippen molar-refractivity contribution in [2.75, 3.05) is 10.6 Å². The van der Waals surface area contributed by atoms with E-state index in [2.05, 4.69) is 36.5 Å². The van der Waals surface area contributed by atoms with E-state index in [1.165, 1.54) is 0 Å². The molecule has 0 saturated heterocycles. The van der Waals surface area contributed by atoms with Crippen molar-refractivity contribution in [3.05, 3.63) is 29.5 Å². The van der Waals surface area contributed by atoms with Crippen LogP contribution >= 0.6 is 11.6 Å². The summed E-state index contributed by atoms with van der Waals surface area (Å²) in [6, 6.07) is 3.80. The van der Waals surface area contributed by atoms with Gasteiger partial charge < -0.3 is 10.6 Å². The largest absolute Gasteiger partial charge is 0.380 e. The number of benzene rings is 1. The van der Waals surface area contributed by atoms with Crippen molar-refractivity contribution in [2.45, 2.75) is 45.7 Å². The van der Waals surface area contributed by atoms with Gasteiger partial charge in [-0.1, -0.05) is 17.7 Å². The number of carbonyl (C=O) groups is 1. The minimum Gasteiger partial charge on any atom is -0.380 e. The zero-order chi connectivity index (χ0) is 16.8. The van der Waals surface area contributed by atoms with E-state index in [1.807, 2.05) is 36.1 Å². The fourth-order valence-electron chi connectivity index (χ4n) is 2.68. The second-order valence-electron chi connectivity index (χ2n) is 6.99. The third-order valence-corrected chi connectivity index (χ3v) is 4.20. The van der Waals surface area contributed by atoms with Crippen molar-refractivity contribution in [3.8, 4) is 11.1 Å². The molecule has 1 aromatic heterocycles. The molecule has 1 amide bonds. The van der Waals surface area contributed by atoms with E-state index >= 15 is 0 Å². The average Bonchev–Trinajstić information content (AvgIpc) is 2.86. The van der Waals surface area contributed by atoms with Crippen molar-refractivity contribution < 1.29 is 4.79 Å². The highest BCUT2D eigenvalue weighted by atomic mass is 35.5. The predicted octanol–water partition coefficient (Wildman–Crippen LogP) is 4.10. The van der Waals surface area contributed by atoms with Gasteiger partial charge in [0, 0.05) is 29.8 Å². The number of halogens is 1. The lowest BCUT2D eigenvalue weighted by molar-refractivity contribution is -0.116. The molecule has 0 fully saturated rings. The van der Waals surface area contributed by atoms with Crippen LogP contribution in [0.25, 0.3) is 11.1 Å². The topological polar surface area (TPSA) is 59.0 Å². The van der Waals surface area contributed by atoms with E-state index in [9.17, 15) is 4.79 Å². The van der Waals surface area contributed by atoms with Crippen molar-refractivity contribution in [2.24, 2.45) is 0 Å². The molecule has 122 valence electrons. The number of carbonyl (C=O) groups excluding carboxylic acids is 1. The summed E-state index contributed by atoms with van der Waals surface area (Å²) in [6.07, 6.45) is 4.27. The van der Waals surface area contributed by atoms with Gasteiger partial charge in [-0.15, -0.1) is 0 Å². The Kier molecular flexibility index (Phi) is 3.84. The van der Waals surface area contributed by atoms with E-state index in [4.69, 9.17) is 11.6 Å². The summed E-state index contributed by atoms with van der Waals surface area (Å²) in [7, 11) is 0. The Hall–Kier alpha value is -2.01. The summed E-state index contributed by atoms with van der Waals surface area (Å²) in [6.45, 7) is 8.30. The van der Waals surface area contributed by atoms with Crippen LogP contribution in [0.5, 0.6) is 0 Å². The van der Waals surface area contributed by atoms with Gasteiger partial charge in [0.05, 0.1) is 28.1 Å². The fourth-order valence-corrected chi connectivity index (χ4v) is 2.89. The van der Waals surface area contributed by atoms with Crippen LogP contribution in [0.15, 0.2) is 24.5 Å². The van der Waals surface area contributed by atoms with Crippen molar-refractivity contribution in [1.82, 2.24) is 9.78 Å². The highest BCUT2D eigenvalue weighted by Gasteiger charge is 2.24. The van der Waals surface area contributed by atoms with E-state index < -0.39 is 0 Å². The van der Waals surface area contributed by atoms with Crippen molar-refractivity contribution in [3.63, 3.8) is 0 Å². The lowest BCUT2D eigenvalue weighted by Crippen LogP contribution is -2.21. The number of amides is 1. The number of hydrogen-bond acceptors (Lipinski definition) is 3. The Bertz CT molecular complexity index is 760. The Morgan fingerprint density at radius 2 is 2.04 bits per heavy atom. The van der Waals surface area contributed by atoms with Gasteiger partial charge in [-0.25, -0.2) is 0 Å². The van der Waals surface area contributed by atoms with Crippen LogP contribution in [0, 0.1) is 0 Å². The molecule has 0 aliphatic carbocycles. The molecule has 0 radical (unpaired) electrons. The van der Waals surface area contributed by atoms with Gasteiger partial charge in [-0.2, -0.15) is 5.10 Å². The third kappa shape index (κ3) is 3.06. The standard InChI is InChI=1S/C17H21ClN4O/c1-10-7-14(23)21-16-13(18)6-5-12(15(16)20-10)11-8-19-22(9-11)17(2,3)4/h5-6,8-10,20H,7H2,1-4H3,(H,21,23)/t10-/m1/s1. The lowest BCUT2D eigenvalue weighted by atomic mass is 10.0. The van der Waals surface area contributed by atoms with E-state index in [1.54, 1.807) is 0 Å². The van der Waals surface area contributed by atoms with Crippen LogP contribution in [0.2, 0.25) is 5.02 Å². The minimum absolute atomic E-state index is 0.0335. The molecular formula is C17H21ClN4O. The number of nitrogens with zero attached hydrogens (tertiary/aromatic N) is 2. The normalized spacial score (nSPS) is 18.0. The molecule has 3 rings (SSSR count). The number of nitrogens with one attached hydrogen (secondary N) is 2. The lowest BCUT2D eigenvalue weighted by Gasteiger charge is -2.19. The average molecular weight is 333 g/mol. The summed E-state index contributed by atoms with van der Waals surface area (Å²) in [4.78, 5) is 12.0. The van der Waals surface area contributed by atoms with Gasteiger partial charge in [-0.05, 0) is 33.8 Å². The third-order valence-electron chi connectivity index (χ3n) is 3.88. The molecule has 23 heavy (non-hydrogen) atoms. The zero-order valence-corrected chi connectivity index (χ0v) is 14.5. The van der Waals surface area contributed by atoms with Gasteiger partial charge >= 0.3 is 0 Å². The summed E-state index contributed by atoms with van der Waals surface area (Å²) >= 11 is 6.29. The second-order valence-corrected chi connectivity index (χ2v) is 7.39. The molecular weight excluding hydrogens is 312 g/mol. The number of rotatable bonds is 1. The quantitative estimate of drug-likeness (QED) is 0.826. The number of hydrogen-bond donors (Lipinski definition) is 2. The molecule has 6 heteroatoms. The number of aromatic nitrogens is 2. The van der Waals surface area contributed by atoms with E-state index in [0.717, 1.165) is 16.8 Å². The zero-order valence-electron chi connectivity index (χ0n) is 13.8. The molecule has 1 aromatic carbocycles. The first-order valence-corrected chi connectivity index (χ1v) is 8.08. The highest BCUT2D eigenvalue weighted by Crippen LogP contribution is 2.41. The maximum Gasteiger partial charge on any atom is 0.226 e. The van der Waals surface area contributed by atoms with Crippen LogP contribution in [-0.4, -0.2) is 21.7 Å². The van der Waals surface area contributed by atoms with Gasteiger partial charge in [0.2, 0.25) is 5.91 Å².